The molecule has 0 aliphatic heterocycles. The lowest BCUT2D eigenvalue weighted by Crippen LogP contribution is -2.19. The van der Waals surface area contributed by atoms with Gasteiger partial charge >= 0.3 is 0 Å². The first-order chi connectivity index (χ1) is 11.1. The van der Waals surface area contributed by atoms with Gasteiger partial charge in [0.2, 0.25) is 0 Å². The van der Waals surface area contributed by atoms with Gasteiger partial charge in [0.1, 0.15) is 0 Å². The summed E-state index contributed by atoms with van der Waals surface area (Å²) in [6, 6.07) is 10.3. The van der Waals surface area contributed by atoms with Crippen LogP contribution in [-0.4, -0.2) is 25.3 Å². The molecule has 0 bridgehead atoms. The van der Waals surface area contributed by atoms with Crippen LogP contribution in [0.5, 0.6) is 0 Å². The normalized spacial score (nSPS) is 11.6. The maximum Gasteiger partial charge on any atom is 0.263 e. The van der Waals surface area contributed by atoms with Crippen molar-refractivity contribution in [2.24, 2.45) is 0 Å². The van der Waals surface area contributed by atoms with E-state index in [1.54, 1.807) is 28.7 Å². The Labute approximate surface area is 141 Å². The number of benzene rings is 1. The number of aliphatic hydroxyl groups is 1. The van der Waals surface area contributed by atoms with E-state index in [2.05, 4.69) is 23.0 Å². The number of thiophene rings is 2. The fourth-order valence-electron chi connectivity index (χ4n) is 2.33. The topological polar surface area (TPSA) is 51.6 Å². The van der Waals surface area contributed by atoms with E-state index in [0.29, 0.717) is 6.54 Å². The lowest BCUT2D eigenvalue weighted by molar-refractivity contribution is 0.304. The number of anilines is 1. The molecule has 2 heterocycles. The van der Waals surface area contributed by atoms with E-state index in [4.69, 9.17) is 16.9 Å². The molecule has 0 amide bonds. The molecule has 4 nitrogen and oxygen atoms in total. The van der Waals surface area contributed by atoms with Crippen molar-refractivity contribution in [2.45, 2.75) is 0 Å². The van der Waals surface area contributed by atoms with Crippen LogP contribution in [0.15, 0.2) is 30.0 Å². The fourth-order valence-corrected chi connectivity index (χ4v) is 4.49. The standard InChI is InChI=1S/C17H13N3OS2/c1-19-13(10-18)8-14-6-11-5-12-7-17(20(2)3-4-21)23-16(12)9-15(11)22-14/h5-9,21H,3-4H2,2H3/b13-8-. The lowest BCUT2D eigenvalue weighted by atomic mass is 10.2. The van der Waals surface area contributed by atoms with Crippen molar-refractivity contribution in [3.63, 3.8) is 0 Å². The smallest absolute Gasteiger partial charge is 0.263 e. The Morgan fingerprint density at radius 2 is 2.04 bits per heavy atom. The number of hydrogen-bond donors (Lipinski definition) is 1. The summed E-state index contributed by atoms with van der Waals surface area (Å²) in [5.74, 6) is 0. The molecule has 114 valence electrons. The van der Waals surface area contributed by atoms with E-state index < -0.39 is 0 Å². The summed E-state index contributed by atoms with van der Waals surface area (Å²) < 4.78 is 2.34. The van der Waals surface area contributed by atoms with E-state index in [0.717, 1.165) is 20.0 Å². The first kappa shape index (κ1) is 15.5. The Morgan fingerprint density at radius 1 is 1.30 bits per heavy atom. The number of aliphatic hydroxyl groups excluding tert-OH is 1. The Kier molecular flexibility index (Phi) is 4.31. The van der Waals surface area contributed by atoms with Gasteiger partial charge in [0.15, 0.2) is 0 Å². The number of nitrogens with zero attached hydrogens (tertiary/aromatic N) is 3. The Balaban J connectivity index is 2.04. The largest absolute Gasteiger partial charge is 0.395 e. The van der Waals surface area contributed by atoms with Crippen molar-refractivity contribution in [1.82, 2.24) is 0 Å². The average molecular weight is 339 g/mol. The van der Waals surface area contributed by atoms with Gasteiger partial charge in [0.05, 0.1) is 24.2 Å². The number of hydrogen-bond acceptors (Lipinski definition) is 5. The first-order valence-corrected chi connectivity index (χ1v) is 8.56. The molecule has 0 fully saturated rings. The molecule has 0 atom stereocenters. The summed E-state index contributed by atoms with van der Waals surface area (Å²) in [5.41, 5.74) is 0.103. The van der Waals surface area contributed by atoms with Gasteiger partial charge in [0.25, 0.3) is 5.70 Å². The molecule has 0 saturated heterocycles. The second kappa shape index (κ2) is 6.39. The third-order valence-electron chi connectivity index (χ3n) is 3.49. The van der Waals surface area contributed by atoms with Crippen LogP contribution in [0.25, 0.3) is 31.1 Å². The van der Waals surface area contributed by atoms with Crippen LogP contribution in [0.4, 0.5) is 5.00 Å². The molecule has 1 aromatic carbocycles. The van der Waals surface area contributed by atoms with Crippen molar-refractivity contribution in [3.8, 4) is 6.07 Å². The number of allylic oxidation sites excluding steroid dienone is 1. The minimum atomic E-state index is 0.103. The van der Waals surface area contributed by atoms with E-state index in [1.165, 1.54) is 10.1 Å². The minimum absolute atomic E-state index is 0.103. The third-order valence-corrected chi connectivity index (χ3v) is 5.74. The molecule has 1 N–H and O–H groups in total. The van der Waals surface area contributed by atoms with Gasteiger partial charge < -0.3 is 10.0 Å². The minimum Gasteiger partial charge on any atom is -0.395 e. The van der Waals surface area contributed by atoms with Gasteiger partial charge in [-0.15, -0.1) is 22.7 Å². The van der Waals surface area contributed by atoms with Crippen LogP contribution < -0.4 is 4.90 Å². The van der Waals surface area contributed by atoms with Crippen LogP contribution >= 0.6 is 22.7 Å². The summed E-state index contributed by atoms with van der Waals surface area (Å²) in [7, 11) is 1.97. The van der Waals surface area contributed by atoms with Crippen LogP contribution in [0.1, 0.15) is 4.88 Å². The van der Waals surface area contributed by atoms with Gasteiger partial charge in [-0.3, -0.25) is 0 Å². The maximum absolute atomic E-state index is 9.05. The van der Waals surface area contributed by atoms with Gasteiger partial charge in [0, 0.05) is 27.9 Å². The molecule has 3 rings (SSSR count). The molecular formula is C17H13N3OS2. The van der Waals surface area contributed by atoms with E-state index in [9.17, 15) is 0 Å². The van der Waals surface area contributed by atoms with Crippen molar-refractivity contribution >= 4 is 53.9 Å². The summed E-state index contributed by atoms with van der Waals surface area (Å²) in [4.78, 5) is 6.16. The zero-order valence-electron chi connectivity index (χ0n) is 12.4. The Hall–Kier alpha value is -2.38. The summed E-state index contributed by atoms with van der Waals surface area (Å²) in [6.07, 6.45) is 1.63. The first-order valence-electron chi connectivity index (χ1n) is 6.93. The summed E-state index contributed by atoms with van der Waals surface area (Å²) in [5, 5.41) is 21.3. The van der Waals surface area contributed by atoms with Gasteiger partial charge in [-0.25, -0.2) is 10.1 Å². The molecule has 23 heavy (non-hydrogen) atoms. The quantitative estimate of drug-likeness (QED) is 0.568. The molecule has 2 aromatic heterocycles. The van der Waals surface area contributed by atoms with Gasteiger partial charge in [-0.1, -0.05) is 0 Å². The van der Waals surface area contributed by atoms with Crippen molar-refractivity contribution < 1.29 is 5.11 Å². The number of likely N-dealkylation sites (N-methyl/N-ethyl adjacent to an activating group) is 1. The highest BCUT2D eigenvalue weighted by atomic mass is 32.1. The summed E-state index contributed by atoms with van der Waals surface area (Å²) >= 11 is 3.28. The average Bonchev–Trinajstić information content (AvgIpc) is 3.12. The molecule has 0 spiro atoms. The van der Waals surface area contributed by atoms with E-state index in [-0.39, 0.29) is 12.3 Å². The van der Waals surface area contributed by atoms with Gasteiger partial charge in [-0.2, -0.15) is 0 Å². The Morgan fingerprint density at radius 3 is 2.74 bits per heavy atom. The van der Waals surface area contributed by atoms with Crippen LogP contribution in [-0.2, 0) is 0 Å². The maximum atomic E-state index is 9.05. The highest BCUT2D eigenvalue weighted by Crippen LogP contribution is 2.37. The zero-order chi connectivity index (χ0) is 16.4. The lowest BCUT2D eigenvalue weighted by Gasteiger charge is -2.14. The monoisotopic (exact) mass is 339 g/mol. The van der Waals surface area contributed by atoms with Crippen LogP contribution in [0.2, 0.25) is 0 Å². The second-order valence-electron chi connectivity index (χ2n) is 5.06. The van der Waals surface area contributed by atoms with Crippen LogP contribution in [0.3, 0.4) is 0 Å². The predicted molar refractivity (Wildman–Crippen MR) is 97.8 cm³/mol. The predicted octanol–water partition coefficient (Wildman–Crippen LogP) is 4.33. The molecule has 0 aliphatic rings. The molecule has 3 aromatic rings. The Bertz CT molecular complexity index is 918. The SMILES string of the molecule is [C-]#[N+]/C(C#N)=C\c1cc2cc3cc(N(C)CCO)sc3cc2s1. The molecule has 0 radical (unpaired) electrons. The zero-order valence-corrected chi connectivity index (χ0v) is 14.0. The third kappa shape index (κ3) is 3.06. The second-order valence-corrected chi connectivity index (χ2v) is 7.24. The molecule has 6 heteroatoms. The van der Waals surface area contributed by atoms with Gasteiger partial charge in [-0.05, 0) is 41.1 Å². The highest BCUT2D eigenvalue weighted by Gasteiger charge is 2.09. The number of fused-ring (bicyclic) bond motifs is 2. The van der Waals surface area contributed by atoms with Crippen LogP contribution in [0, 0.1) is 17.9 Å². The van der Waals surface area contributed by atoms with Crippen molar-refractivity contribution in [1.29, 1.82) is 5.26 Å². The fraction of sp³-hybridized carbons (Fsp3) is 0.176. The van der Waals surface area contributed by atoms with Crippen molar-refractivity contribution in [2.75, 3.05) is 25.1 Å². The molecule has 0 aliphatic carbocycles. The molecule has 0 saturated carbocycles. The highest BCUT2D eigenvalue weighted by molar-refractivity contribution is 7.24. The molecular weight excluding hydrogens is 326 g/mol. The number of nitriles is 1. The van der Waals surface area contributed by atoms with Crippen molar-refractivity contribution in [3.05, 3.63) is 46.3 Å². The van der Waals surface area contributed by atoms with E-state index in [1.807, 2.05) is 24.1 Å². The number of rotatable bonds is 4. The van der Waals surface area contributed by atoms with E-state index >= 15 is 0 Å². The molecule has 0 unspecified atom stereocenters. The summed E-state index contributed by atoms with van der Waals surface area (Å²) in [6.45, 7) is 7.70.